The molecule has 9 N–H and O–H groups in total. The van der Waals surface area contributed by atoms with E-state index in [2.05, 4.69) is 31.9 Å². The van der Waals surface area contributed by atoms with Crippen LogP contribution in [0, 0.1) is 17.8 Å². The third kappa shape index (κ3) is 18.0. The number of esters is 2. The second-order valence-corrected chi connectivity index (χ2v) is 21.5. The predicted molar refractivity (Wildman–Crippen MR) is 289 cm³/mol. The number of nitrogens with zero attached hydrogens (tertiary/aromatic N) is 1. The van der Waals surface area contributed by atoms with E-state index in [4.69, 9.17) is 14.2 Å². The van der Waals surface area contributed by atoms with Gasteiger partial charge in [-0.1, -0.05) is 96.8 Å². The van der Waals surface area contributed by atoms with Crippen molar-refractivity contribution in [2.75, 3.05) is 31.7 Å². The average Bonchev–Trinajstić information content (AvgIpc) is 3.42. The van der Waals surface area contributed by atoms with E-state index < -0.39 is 150 Å². The van der Waals surface area contributed by atoms with E-state index in [1.807, 2.05) is 6.92 Å². The molecular formula is C55H79N7O15S. The van der Waals surface area contributed by atoms with Crippen LogP contribution in [0.4, 0.5) is 0 Å². The number of hydrogen-bond donors (Lipinski definition) is 9. The van der Waals surface area contributed by atoms with Gasteiger partial charge in [0.25, 0.3) is 0 Å². The van der Waals surface area contributed by atoms with E-state index in [9.17, 15) is 53.7 Å². The molecule has 4 bridgehead atoms. The number of carbonyl (C=O) groups is 9. The third-order valence-electron chi connectivity index (χ3n) is 13.9. The predicted octanol–water partition coefficient (Wildman–Crippen LogP) is 1.14. The number of rotatable bonds is 14. The zero-order valence-corrected chi connectivity index (χ0v) is 46.9. The third-order valence-corrected chi connectivity index (χ3v) is 15.1. The van der Waals surface area contributed by atoms with Gasteiger partial charge in [-0.15, -0.1) is 0 Å². The van der Waals surface area contributed by atoms with Crippen molar-refractivity contribution in [3.05, 3.63) is 77.9 Å². The Morgan fingerprint density at radius 1 is 0.833 bits per heavy atom. The van der Waals surface area contributed by atoms with Crippen molar-refractivity contribution >= 4 is 65.1 Å². The molecule has 430 valence electrons. The lowest BCUT2D eigenvalue weighted by molar-refractivity contribution is -0.160. The number of aliphatic hydroxyl groups excluding tert-OH is 2. The van der Waals surface area contributed by atoms with E-state index in [0.29, 0.717) is 11.3 Å². The number of ether oxygens (including phenoxy) is 3. The summed E-state index contributed by atoms with van der Waals surface area (Å²) in [7, 11) is 1.31. The SMILES string of the molecule is CCCCSC[C@@]1(O)/C=C/C(=O)NCC(=O)OC[C@@H]2NC(=O)[C@@H]([C@@H](C)O)NC(=O)[C@H](Cc3ccccc3)N(C)C(=O)[C@@H](NC(=O)[C@@H]([C@@H](C)CC)NC(=O)[C@@H](NC(=O)[C@H](C)[C@H](O)C(C)C)[C@@H](C)OC2=O)c2ccc(cc2)O[C@@H]1C. The first-order valence-corrected chi connectivity index (χ1v) is 27.6. The molecule has 22 nitrogen and oxygen atoms in total. The van der Waals surface area contributed by atoms with E-state index in [-0.39, 0.29) is 29.9 Å². The standard InChI is InChI=1S/C55H79N7O15S/c1-11-13-25-78-29-55(74)24-23-41(64)56-27-42(65)75-28-39-54(73)76-34(8)45(60-48(67)32(6)47(66)30(3)4)52(71)58-43(31(5)12-2)50(69)61-46(37-19-21-38(22-20-37)77-35(55)9)53(72)62(10)40(26-36-17-15-14-16-18-36)49(68)59-44(33(7)63)51(70)57-39/h14-24,30-35,39-40,43-47,63,66,74H,11-13,25-29H2,1-10H3,(H,56,64)(H,57,70)(H,58,71)(H,59,68)(H,60,67)(H,61,69)/b24-23+/t31-,32+,33+,34+,35+,39-,40-,43+,44+,45-,46-,47+,55-/m0/s1. The number of nitrogens with one attached hydrogen (secondary N) is 6. The average molecular weight is 1110 g/mol. The van der Waals surface area contributed by atoms with E-state index >= 15 is 4.79 Å². The topological polar surface area (TPSA) is 317 Å². The number of amides is 7. The Morgan fingerprint density at radius 2 is 1.47 bits per heavy atom. The van der Waals surface area contributed by atoms with Crippen LogP contribution < -0.4 is 36.6 Å². The van der Waals surface area contributed by atoms with Gasteiger partial charge in [0.1, 0.15) is 66.9 Å². The molecule has 2 aromatic rings. The van der Waals surface area contributed by atoms with Crippen LogP contribution in [0.1, 0.15) is 98.7 Å². The highest BCUT2D eigenvalue weighted by Crippen LogP contribution is 2.28. The quantitative estimate of drug-likeness (QED) is 0.0946. The molecule has 0 aliphatic carbocycles. The summed E-state index contributed by atoms with van der Waals surface area (Å²) in [5, 5.41) is 49.2. The van der Waals surface area contributed by atoms with Crippen molar-refractivity contribution in [2.24, 2.45) is 17.8 Å². The minimum atomic E-state index is -1.97. The van der Waals surface area contributed by atoms with Gasteiger partial charge in [-0.3, -0.25) is 38.4 Å². The van der Waals surface area contributed by atoms with Gasteiger partial charge >= 0.3 is 11.9 Å². The van der Waals surface area contributed by atoms with E-state index in [0.717, 1.165) is 23.8 Å². The van der Waals surface area contributed by atoms with Crippen molar-refractivity contribution in [3.63, 3.8) is 0 Å². The lowest BCUT2D eigenvalue weighted by Gasteiger charge is -2.34. The van der Waals surface area contributed by atoms with Crippen LogP contribution in [0.25, 0.3) is 0 Å². The fourth-order valence-electron chi connectivity index (χ4n) is 8.39. The Balaban J connectivity index is 2.02. The molecule has 1 saturated heterocycles. The van der Waals surface area contributed by atoms with Gasteiger partial charge in [-0.2, -0.15) is 11.8 Å². The van der Waals surface area contributed by atoms with Crippen LogP contribution in [0.5, 0.6) is 5.75 Å². The van der Waals surface area contributed by atoms with Crippen LogP contribution in [-0.4, -0.2) is 165 Å². The molecule has 0 aromatic heterocycles. The number of benzene rings is 2. The lowest BCUT2D eigenvalue weighted by atomic mass is 9.93. The first-order chi connectivity index (χ1) is 36.8. The Labute approximate surface area is 460 Å². The minimum Gasteiger partial charge on any atom is -0.487 e. The van der Waals surface area contributed by atoms with Crippen LogP contribution in [0.15, 0.2) is 66.7 Å². The van der Waals surface area contributed by atoms with Crippen molar-refractivity contribution in [1.82, 2.24) is 36.8 Å². The Hall–Kier alpha value is -6.56. The number of cyclic esters (lactones) is 1. The van der Waals surface area contributed by atoms with E-state index in [1.165, 1.54) is 69.9 Å². The lowest BCUT2D eigenvalue weighted by Crippen LogP contribution is -2.61. The molecule has 0 saturated carbocycles. The number of thioether (sulfide) groups is 1. The molecule has 3 aliphatic rings. The largest absolute Gasteiger partial charge is 0.487 e. The number of hydrogen-bond acceptors (Lipinski definition) is 16. The first kappa shape index (κ1) is 64.0. The highest BCUT2D eigenvalue weighted by molar-refractivity contribution is 7.99. The molecule has 5 rings (SSSR count). The fourth-order valence-corrected chi connectivity index (χ4v) is 9.68. The second-order valence-electron chi connectivity index (χ2n) is 20.4. The molecule has 0 unspecified atom stereocenters. The Morgan fingerprint density at radius 3 is 2.09 bits per heavy atom. The van der Waals surface area contributed by atoms with Gasteiger partial charge in [-0.25, -0.2) is 4.79 Å². The highest BCUT2D eigenvalue weighted by atomic mass is 32.2. The summed E-state index contributed by atoms with van der Waals surface area (Å²) in [5.41, 5.74) is -1.04. The zero-order valence-electron chi connectivity index (χ0n) is 46.1. The molecule has 78 heavy (non-hydrogen) atoms. The summed E-state index contributed by atoms with van der Waals surface area (Å²) >= 11 is 1.43. The van der Waals surface area contributed by atoms with Crippen LogP contribution in [0.2, 0.25) is 0 Å². The Kier molecular flexibility index (Phi) is 24.6. The molecule has 1 fully saturated rings. The maximum Gasteiger partial charge on any atom is 0.332 e. The molecule has 13 atom stereocenters. The monoisotopic (exact) mass is 1110 g/mol. The smallest absolute Gasteiger partial charge is 0.332 e. The summed E-state index contributed by atoms with van der Waals surface area (Å²) in [5.74, 6) is -10.3. The molecule has 7 amide bonds. The molecule has 2 aromatic carbocycles. The summed E-state index contributed by atoms with van der Waals surface area (Å²) in [6, 6.07) is 4.35. The molecule has 0 radical (unpaired) electrons. The van der Waals surface area contributed by atoms with Gasteiger partial charge in [0.2, 0.25) is 41.4 Å². The fraction of sp³-hybridized carbons (Fsp3) is 0.582. The van der Waals surface area contributed by atoms with Crippen LogP contribution in [-0.2, 0) is 59.0 Å². The number of carbonyl (C=O) groups excluding carboxylic acids is 9. The minimum absolute atomic E-state index is 0.0872. The van der Waals surface area contributed by atoms with Gasteiger partial charge in [0.15, 0.2) is 6.04 Å². The molecule has 23 heteroatoms. The van der Waals surface area contributed by atoms with Crippen molar-refractivity contribution < 1.29 is 72.7 Å². The molecular weight excluding hydrogens is 1030 g/mol. The number of likely N-dealkylation sites (N-methyl/N-ethyl adjacent to an activating group) is 1. The number of fused-ring (bicyclic) bond motifs is 11. The molecule has 0 spiro atoms. The van der Waals surface area contributed by atoms with Crippen molar-refractivity contribution in [1.29, 1.82) is 0 Å². The molecule has 3 aliphatic heterocycles. The zero-order chi connectivity index (χ0) is 58.0. The summed E-state index contributed by atoms with van der Waals surface area (Å²) in [6.45, 7) is 12.4. The Bertz CT molecular complexity index is 2430. The first-order valence-electron chi connectivity index (χ1n) is 26.4. The van der Waals surface area contributed by atoms with Gasteiger partial charge < -0.3 is 66.3 Å². The maximum atomic E-state index is 15.3. The summed E-state index contributed by atoms with van der Waals surface area (Å²) in [6.07, 6.45) is -1.40. The van der Waals surface area contributed by atoms with E-state index in [1.54, 1.807) is 65.0 Å². The summed E-state index contributed by atoms with van der Waals surface area (Å²) in [4.78, 5) is 130. The van der Waals surface area contributed by atoms with Crippen LogP contribution in [0.3, 0.4) is 0 Å². The normalized spacial score (nSPS) is 27.6. The van der Waals surface area contributed by atoms with Gasteiger partial charge in [0.05, 0.1) is 18.1 Å². The summed E-state index contributed by atoms with van der Waals surface area (Å²) < 4.78 is 17.4. The van der Waals surface area contributed by atoms with Gasteiger partial charge in [-0.05, 0) is 74.1 Å². The highest BCUT2D eigenvalue weighted by Gasteiger charge is 2.42. The number of aliphatic hydroxyl groups is 3. The maximum absolute atomic E-state index is 15.3. The van der Waals surface area contributed by atoms with Gasteiger partial charge in [0, 0.05) is 25.3 Å². The molecule has 3 heterocycles. The van der Waals surface area contributed by atoms with Crippen LogP contribution >= 0.6 is 11.8 Å². The van der Waals surface area contributed by atoms with Crippen molar-refractivity contribution in [3.8, 4) is 5.75 Å². The number of unbranched alkanes of at least 4 members (excludes halogenated alkanes) is 1. The second kappa shape index (κ2) is 30.0. The van der Waals surface area contributed by atoms with Crippen molar-refractivity contribution in [2.45, 2.75) is 154 Å².